The molecule has 0 spiro atoms. The molecule has 0 bridgehead atoms. The zero-order valence-corrected chi connectivity index (χ0v) is 8.71. The lowest BCUT2D eigenvalue weighted by atomic mass is 10.2. The van der Waals surface area contributed by atoms with E-state index in [9.17, 15) is 4.79 Å². The molecule has 1 aromatic heterocycles. The molecule has 1 aromatic carbocycles. The molecule has 0 radical (unpaired) electrons. The predicted molar refractivity (Wildman–Crippen MR) is 58.8 cm³/mol. The van der Waals surface area contributed by atoms with Crippen molar-refractivity contribution in [2.24, 2.45) is 0 Å². The van der Waals surface area contributed by atoms with Gasteiger partial charge in [-0.05, 0) is 19.1 Å². The largest absolute Gasteiger partial charge is 0.554 e. The fourth-order valence-corrected chi connectivity index (χ4v) is 2.81. The second kappa shape index (κ2) is 3.80. The molecule has 0 aliphatic heterocycles. The van der Waals surface area contributed by atoms with E-state index < -0.39 is 10.5 Å². The molecule has 3 heteroatoms. The van der Waals surface area contributed by atoms with E-state index in [1.807, 2.05) is 41.9 Å². The number of ether oxygens (including phenoxy) is 1. The highest BCUT2D eigenvalue weighted by Gasteiger charge is 2.19. The molecule has 0 fully saturated rings. The molecule has 0 aliphatic carbocycles. The maximum absolute atomic E-state index is 11.4. The summed E-state index contributed by atoms with van der Waals surface area (Å²) in [7, 11) is -0.480. The lowest BCUT2D eigenvalue weighted by Crippen LogP contribution is -1.94. The summed E-state index contributed by atoms with van der Waals surface area (Å²) >= 11 is 0. The second-order valence-corrected chi connectivity index (χ2v) is 4.47. The Morgan fingerprint density at radius 3 is 2.36 bits per heavy atom. The van der Waals surface area contributed by atoms with E-state index in [1.165, 1.54) is 0 Å². The zero-order valence-electron chi connectivity index (χ0n) is 7.90. The van der Waals surface area contributed by atoms with Gasteiger partial charge in [-0.25, -0.2) is 0 Å². The fourth-order valence-electron chi connectivity index (χ4n) is 1.32. The highest BCUT2D eigenvalue weighted by atomic mass is 32.2. The van der Waals surface area contributed by atoms with Gasteiger partial charge in [0.05, 0.1) is 17.1 Å². The number of thiophene rings is 1. The van der Waals surface area contributed by atoms with Crippen molar-refractivity contribution in [3.8, 4) is 0 Å². The molecular weight excluding hydrogens is 196 g/mol. The third-order valence-electron chi connectivity index (χ3n) is 1.96. The van der Waals surface area contributed by atoms with Gasteiger partial charge in [-0.2, -0.15) is 4.79 Å². The van der Waals surface area contributed by atoms with E-state index >= 15 is 0 Å². The van der Waals surface area contributed by atoms with Gasteiger partial charge in [0, 0.05) is 10.8 Å². The van der Waals surface area contributed by atoms with Crippen LogP contribution in [-0.2, 0) is 4.74 Å². The zero-order chi connectivity index (χ0) is 9.97. The van der Waals surface area contributed by atoms with Gasteiger partial charge in [-0.1, -0.05) is 12.1 Å². The minimum absolute atomic E-state index is 0.135. The quantitative estimate of drug-likeness (QED) is 0.555. The van der Waals surface area contributed by atoms with Gasteiger partial charge in [-0.15, -0.1) is 0 Å². The molecule has 0 saturated carbocycles. The van der Waals surface area contributed by atoms with Crippen LogP contribution in [0.4, 0.5) is 4.79 Å². The highest BCUT2D eigenvalue weighted by Crippen LogP contribution is 2.29. The first kappa shape index (κ1) is 9.21. The molecule has 0 saturated heterocycles. The predicted octanol–water partition coefficient (Wildman–Crippen LogP) is 3.59. The van der Waals surface area contributed by atoms with Crippen molar-refractivity contribution in [1.29, 1.82) is 0 Å². The highest BCUT2D eigenvalue weighted by molar-refractivity contribution is 7.49. The summed E-state index contributed by atoms with van der Waals surface area (Å²) < 4.78 is 4.97. The standard InChI is InChI=1S/C11H11O2S/c1-2-13-11(12)14-7-9-5-3-4-6-10(9)8-14/h3-8H,2H2,1H3/q+1. The minimum atomic E-state index is -0.480. The summed E-state index contributed by atoms with van der Waals surface area (Å²) in [6.45, 7) is 2.27. The fraction of sp³-hybridized carbons (Fsp3) is 0.182. The van der Waals surface area contributed by atoms with Gasteiger partial charge in [0.15, 0.2) is 10.8 Å². The lowest BCUT2D eigenvalue weighted by molar-refractivity contribution is 0.180. The summed E-state index contributed by atoms with van der Waals surface area (Å²) in [5.41, 5.74) is 0. The van der Waals surface area contributed by atoms with E-state index in [1.54, 1.807) is 0 Å². The number of hydrogen-bond acceptors (Lipinski definition) is 2. The van der Waals surface area contributed by atoms with Crippen LogP contribution in [0.2, 0.25) is 0 Å². The van der Waals surface area contributed by atoms with Crippen molar-refractivity contribution in [2.75, 3.05) is 6.61 Å². The number of carbonyl (C=O) groups excluding carboxylic acids is 1. The average molecular weight is 207 g/mol. The van der Waals surface area contributed by atoms with Crippen molar-refractivity contribution in [3.63, 3.8) is 0 Å². The van der Waals surface area contributed by atoms with Crippen LogP contribution in [0.1, 0.15) is 6.92 Å². The lowest BCUT2D eigenvalue weighted by Gasteiger charge is -1.88. The molecule has 0 unspecified atom stereocenters. The van der Waals surface area contributed by atoms with E-state index in [2.05, 4.69) is 0 Å². The Hall–Kier alpha value is -1.35. The normalized spacial score (nSPS) is 10.4. The Kier molecular flexibility index (Phi) is 2.50. The van der Waals surface area contributed by atoms with Crippen LogP contribution >= 0.6 is 10.5 Å². The van der Waals surface area contributed by atoms with E-state index in [4.69, 9.17) is 4.74 Å². The smallest absolute Gasteiger partial charge is 0.422 e. The Bertz CT molecular complexity index is 426. The minimum Gasteiger partial charge on any atom is -0.422 e. The molecule has 0 atom stereocenters. The molecule has 2 nitrogen and oxygen atoms in total. The Morgan fingerprint density at radius 2 is 1.86 bits per heavy atom. The van der Waals surface area contributed by atoms with Gasteiger partial charge >= 0.3 is 5.30 Å². The van der Waals surface area contributed by atoms with E-state index in [0.29, 0.717) is 6.61 Å². The molecule has 2 aromatic rings. The number of fused-ring (bicyclic) bond motifs is 1. The van der Waals surface area contributed by atoms with Crippen molar-refractivity contribution in [2.45, 2.75) is 6.92 Å². The molecule has 2 rings (SSSR count). The van der Waals surface area contributed by atoms with Gasteiger partial charge < -0.3 is 4.74 Å². The number of hydrogen-bond donors (Lipinski definition) is 0. The first-order valence-corrected chi connectivity index (χ1v) is 5.84. The third kappa shape index (κ3) is 1.63. The molecule has 14 heavy (non-hydrogen) atoms. The molecule has 0 aliphatic rings. The van der Waals surface area contributed by atoms with Crippen LogP contribution in [-0.4, -0.2) is 11.9 Å². The number of carbonyl (C=O) groups is 1. The Labute approximate surface area is 85.1 Å². The maximum atomic E-state index is 11.4. The Morgan fingerprint density at radius 1 is 1.29 bits per heavy atom. The molecule has 0 amide bonds. The van der Waals surface area contributed by atoms with Crippen LogP contribution in [0, 0.1) is 0 Å². The van der Waals surface area contributed by atoms with Gasteiger partial charge in [0.2, 0.25) is 0 Å². The summed E-state index contributed by atoms with van der Waals surface area (Å²) in [6, 6.07) is 7.97. The molecule has 1 heterocycles. The average Bonchev–Trinajstić information content (AvgIpc) is 2.61. The number of benzene rings is 1. The van der Waals surface area contributed by atoms with Gasteiger partial charge in [0.1, 0.15) is 0 Å². The SMILES string of the molecule is CCOC(=O)[s+]1cc2ccccc2c1. The monoisotopic (exact) mass is 207 g/mol. The third-order valence-corrected chi connectivity index (χ3v) is 3.48. The van der Waals surface area contributed by atoms with Crippen LogP contribution in [0.25, 0.3) is 10.8 Å². The summed E-state index contributed by atoms with van der Waals surface area (Å²) in [5, 5.41) is 6.05. The summed E-state index contributed by atoms with van der Waals surface area (Å²) in [5.74, 6) is 0. The second-order valence-electron chi connectivity index (χ2n) is 2.92. The van der Waals surface area contributed by atoms with Crippen molar-refractivity contribution in [3.05, 3.63) is 35.0 Å². The van der Waals surface area contributed by atoms with Crippen molar-refractivity contribution < 1.29 is 9.53 Å². The van der Waals surface area contributed by atoms with Gasteiger partial charge in [0.25, 0.3) is 0 Å². The maximum Gasteiger partial charge on any atom is 0.554 e. The van der Waals surface area contributed by atoms with Crippen LogP contribution < -0.4 is 0 Å². The molecule has 72 valence electrons. The van der Waals surface area contributed by atoms with Gasteiger partial charge in [-0.3, -0.25) is 0 Å². The number of rotatable bonds is 2. The van der Waals surface area contributed by atoms with Crippen molar-refractivity contribution in [1.82, 2.24) is 0 Å². The first-order valence-electron chi connectivity index (χ1n) is 4.48. The van der Waals surface area contributed by atoms with E-state index in [0.717, 1.165) is 10.8 Å². The molecule has 0 N–H and O–H groups in total. The first-order chi connectivity index (χ1) is 6.81. The Balaban J connectivity index is 2.40. The molecular formula is C11H11O2S+. The summed E-state index contributed by atoms with van der Waals surface area (Å²) in [4.78, 5) is 11.4. The van der Waals surface area contributed by atoms with Crippen LogP contribution in [0.5, 0.6) is 0 Å². The van der Waals surface area contributed by atoms with Crippen LogP contribution in [0.15, 0.2) is 35.0 Å². The topological polar surface area (TPSA) is 26.3 Å². The summed E-state index contributed by atoms with van der Waals surface area (Å²) in [6.07, 6.45) is 0. The van der Waals surface area contributed by atoms with Crippen molar-refractivity contribution >= 4 is 26.5 Å². The van der Waals surface area contributed by atoms with E-state index in [-0.39, 0.29) is 5.30 Å². The van der Waals surface area contributed by atoms with Crippen LogP contribution in [0.3, 0.4) is 0 Å².